The summed E-state index contributed by atoms with van der Waals surface area (Å²) >= 11 is 0. The van der Waals surface area contributed by atoms with Crippen LogP contribution in [0.1, 0.15) is 13.3 Å². The molecule has 0 amide bonds. The summed E-state index contributed by atoms with van der Waals surface area (Å²) in [6.45, 7) is 10.0. The minimum absolute atomic E-state index is 0.584. The SMILES string of the molecule is C=CC(C)CCN=C. The Kier molecular flexibility index (Phi) is 4.23. The Hall–Kier alpha value is -0.590. The Labute approximate surface area is 51.1 Å². The molecule has 0 radical (unpaired) electrons. The first-order chi connectivity index (χ1) is 3.81. The number of rotatable bonds is 4. The summed E-state index contributed by atoms with van der Waals surface area (Å²) in [6, 6.07) is 0. The molecule has 1 atom stereocenters. The van der Waals surface area contributed by atoms with Crippen LogP contribution in [-0.4, -0.2) is 13.3 Å². The molecule has 0 saturated heterocycles. The molecule has 0 N–H and O–H groups in total. The van der Waals surface area contributed by atoms with E-state index in [1.165, 1.54) is 0 Å². The monoisotopic (exact) mass is 111 g/mol. The van der Waals surface area contributed by atoms with Crippen molar-refractivity contribution in [2.45, 2.75) is 13.3 Å². The fraction of sp³-hybridized carbons (Fsp3) is 0.571. The molecule has 0 saturated carbocycles. The third-order valence-corrected chi connectivity index (χ3v) is 1.14. The van der Waals surface area contributed by atoms with Crippen molar-refractivity contribution in [3.63, 3.8) is 0 Å². The molecule has 0 rings (SSSR count). The molecular formula is C7H13N. The predicted molar refractivity (Wildman–Crippen MR) is 38.4 cm³/mol. The molecule has 0 heterocycles. The van der Waals surface area contributed by atoms with Crippen molar-refractivity contribution in [3.05, 3.63) is 12.7 Å². The van der Waals surface area contributed by atoms with Gasteiger partial charge in [0.05, 0.1) is 0 Å². The van der Waals surface area contributed by atoms with Crippen molar-refractivity contribution in [1.29, 1.82) is 0 Å². The first-order valence-electron chi connectivity index (χ1n) is 2.86. The molecule has 8 heavy (non-hydrogen) atoms. The fourth-order valence-corrected chi connectivity index (χ4v) is 0.413. The van der Waals surface area contributed by atoms with Crippen molar-refractivity contribution < 1.29 is 0 Å². The van der Waals surface area contributed by atoms with Crippen LogP contribution in [-0.2, 0) is 0 Å². The zero-order valence-corrected chi connectivity index (χ0v) is 5.43. The summed E-state index contributed by atoms with van der Waals surface area (Å²) < 4.78 is 0. The Balaban J connectivity index is 3.09. The lowest BCUT2D eigenvalue weighted by molar-refractivity contribution is 0.662. The minimum atomic E-state index is 0.584. The summed E-state index contributed by atoms with van der Waals surface area (Å²) in [5.41, 5.74) is 0. The topological polar surface area (TPSA) is 12.4 Å². The van der Waals surface area contributed by atoms with Gasteiger partial charge in [0.1, 0.15) is 0 Å². The average molecular weight is 111 g/mol. The standard InChI is InChI=1S/C7H13N/c1-4-7(2)5-6-8-3/h4,7H,1,3,5-6H2,2H3. The molecule has 0 aliphatic carbocycles. The van der Waals surface area contributed by atoms with E-state index in [1.807, 2.05) is 6.08 Å². The summed E-state index contributed by atoms with van der Waals surface area (Å²) in [6.07, 6.45) is 3.01. The molecule has 1 nitrogen and oxygen atoms in total. The first-order valence-corrected chi connectivity index (χ1v) is 2.86. The molecule has 0 aromatic rings. The summed E-state index contributed by atoms with van der Waals surface area (Å²) in [4.78, 5) is 3.73. The largest absolute Gasteiger partial charge is 0.301 e. The van der Waals surface area contributed by atoms with E-state index in [2.05, 4.69) is 25.2 Å². The molecule has 1 unspecified atom stereocenters. The third kappa shape index (κ3) is 3.59. The molecular weight excluding hydrogens is 98.1 g/mol. The van der Waals surface area contributed by atoms with Crippen LogP contribution in [0.25, 0.3) is 0 Å². The number of hydrogen-bond acceptors (Lipinski definition) is 1. The quantitative estimate of drug-likeness (QED) is 0.388. The van der Waals surface area contributed by atoms with Gasteiger partial charge >= 0.3 is 0 Å². The van der Waals surface area contributed by atoms with Crippen LogP contribution in [0, 0.1) is 5.92 Å². The van der Waals surface area contributed by atoms with Gasteiger partial charge in [-0.25, -0.2) is 0 Å². The summed E-state index contributed by atoms with van der Waals surface area (Å²) in [5, 5.41) is 0. The molecule has 0 fully saturated rings. The summed E-state index contributed by atoms with van der Waals surface area (Å²) in [7, 11) is 0. The lowest BCUT2D eigenvalue weighted by Gasteiger charge is -1.99. The van der Waals surface area contributed by atoms with Crippen molar-refractivity contribution in [2.24, 2.45) is 10.9 Å². The van der Waals surface area contributed by atoms with E-state index in [0.717, 1.165) is 13.0 Å². The molecule has 0 aromatic heterocycles. The van der Waals surface area contributed by atoms with Crippen LogP contribution >= 0.6 is 0 Å². The highest BCUT2D eigenvalue weighted by atomic mass is 14.7. The molecule has 0 bridgehead atoms. The first kappa shape index (κ1) is 7.41. The van der Waals surface area contributed by atoms with Crippen molar-refractivity contribution in [1.82, 2.24) is 0 Å². The van der Waals surface area contributed by atoms with Gasteiger partial charge in [0.15, 0.2) is 0 Å². The van der Waals surface area contributed by atoms with E-state index in [0.29, 0.717) is 5.92 Å². The van der Waals surface area contributed by atoms with Gasteiger partial charge in [0.25, 0.3) is 0 Å². The smallest absolute Gasteiger partial charge is 0.0387 e. The lowest BCUT2D eigenvalue weighted by Crippen LogP contribution is -1.90. The highest BCUT2D eigenvalue weighted by Crippen LogP contribution is 2.00. The van der Waals surface area contributed by atoms with Crippen LogP contribution in [0.5, 0.6) is 0 Å². The van der Waals surface area contributed by atoms with Crippen molar-refractivity contribution in [2.75, 3.05) is 6.54 Å². The van der Waals surface area contributed by atoms with Gasteiger partial charge in [0.2, 0.25) is 0 Å². The Morgan fingerprint density at radius 3 is 2.75 bits per heavy atom. The van der Waals surface area contributed by atoms with Gasteiger partial charge < -0.3 is 4.99 Å². The van der Waals surface area contributed by atoms with E-state index in [9.17, 15) is 0 Å². The van der Waals surface area contributed by atoms with Gasteiger partial charge in [-0.1, -0.05) is 13.0 Å². The number of nitrogens with zero attached hydrogens (tertiary/aromatic N) is 1. The van der Waals surface area contributed by atoms with Crippen molar-refractivity contribution in [3.8, 4) is 0 Å². The number of allylic oxidation sites excluding steroid dienone is 1. The van der Waals surface area contributed by atoms with Gasteiger partial charge in [-0.3, -0.25) is 0 Å². The third-order valence-electron chi connectivity index (χ3n) is 1.14. The van der Waals surface area contributed by atoms with Gasteiger partial charge in [-0.05, 0) is 19.1 Å². The number of aliphatic imine (C=N–C) groups is 1. The molecule has 0 aliphatic rings. The second kappa shape index (κ2) is 4.57. The second-order valence-electron chi connectivity index (χ2n) is 1.95. The Morgan fingerprint density at radius 1 is 1.75 bits per heavy atom. The minimum Gasteiger partial charge on any atom is -0.301 e. The van der Waals surface area contributed by atoms with E-state index in [-0.39, 0.29) is 0 Å². The average Bonchev–Trinajstić information content (AvgIpc) is 1.83. The number of hydrogen-bond donors (Lipinski definition) is 0. The Bertz CT molecular complexity index is 76.5. The highest BCUT2D eigenvalue weighted by Gasteiger charge is 1.90. The summed E-state index contributed by atoms with van der Waals surface area (Å²) in [5.74, 6) is 0.584. The van der Waals surface area contributed by atoms with Crippen molar-refractivity contribution >= 4 is 6.72 Å². The molecule has 46 valence electrons. The van der Waals surface area contributed by atoms with Crippen LogP contribution in [0.15, 0.2) is 17.6 Å². The van der Waals surface area contributed by atoms with Gasteiger partial charge in [-0.2, -0.15) is 0 Å². The van der Waals surface area contributed by atoms with E-state index < -0.39 is 0 Å². The maximum atomic E-state index is 3.73. The van der Waals surface area contributed by atoms with Crippen LogP contribution in [0.2, 0.25) is 0 Å². The predicted octanol–water partition coefficient (Wildman–Crippen LogP) is 1.90. The second-order valence-corrected chi connectivity index (χ2v) is 1.95. The Morgan fingerprint density at radius 2 is 2.38 bits per heavy atom. The maximum absolute atomic E-state index is 3.73. The zero-order valence-electron chi connectivity index (χ0n) is 5.43. The van der Waals surface area contributed by atoms with Crippen LogP contribution in [0.3, 0.4) is 0 Å². The highest BCUT2D eigenvalue weighted by molar-refractivity contribution is 5.23. The van der Waals surface area contributed by atoms with Crippen LogP contribution in [0.4, 0.5) is 0 Å². The van der Waals surface area contributed by atoms with E-state index in [4.69, 9.17) is 0 Å². The lowest BCUT2D eigenvalue weighted by atomic mass is 10.1. The zero-order chi connectivity index (χ0) is 6.41. The fourth-order valence-electron chi connectivity index (χ4n) is 0.413. The van der Waals surface area contributed by atoms with Gasteiger partial charge in [0, 0.05) is 6.54 Å². The van der Waals surface area contributed by atoms with E-state index >= 15 is 0 Å². The molecule has 1 heteroatoms. The van der Waals surface area contributed by atoms with Gasteiger partial charge in [-0.15, -0.1) is 6.58 Å². The van der Waals surface area contributed by atoms with Crippen LogP contribution < -0.4 is 0 Å². The normalized spacial score (nSPS) is 12.6. The molecule has 0 aromatic carbocycles. The molecule has 0 spiro atoms. The van der Waals surface area contributed by atoms with E-state index in [1.54, 1.807) is 0 Å². The molecule has 0 aliphatic heterocycles. The maximum Gasteiger partial charge on any atom is 0.0387 e.